The lowest BCUT2D eigenvalue weighted by molar-refractivity contribution is -0.137. The molecule has 1 amide bonds. The molecule has 2 heterocycles. The molecule has 0 saturated carbocycles. The molecular weight excluding hydrogens is 512 g/mol. The van der Waals surface area contributed by atoms with Gasteiger partial charge in [-0.3, -0.25) is 15.0 Å². The number of hydrogen-bond donors (Lipinski definition) is 2. The van der Waals surface area contributed by atoms with Gasteiger partial charge in [-0.05, 0) is 73.4 Å². The number of anilines is 1. The zero-order chi connectivity index (χ0) is 27.2. The lowest BCUT2D eigenvalue weighted by Gasteiger charge is -2.36. The number of carbonyl (C=O) groups excluding carboxylic acids is 1. The van der Waals surface area contributed by atoms with Crippen LogP contribution in [0.15, 0.2) is 78.9 Å². The quantitative estimate of drug-likeness (QED) is 0.259. The van der Waals surface area contributed by atoms with Crippen LogP contribution in [0.5, 0.6) is 0 Å². The molecule has 0 atom stereocenters. The summed E-state index contributed by atoms with van der Waals surface area (Å²) >= 11 is 6.10. The minimum absolute atomic E-state index is 0.140. The number of carbonyl (C=O) groups is 2. The van der Waals surface area contributed by atoms with Crippen LogP contribution >= 0.6 is 11.6 Å². The highest BCUT2D eigenvalue weighted by Crippen LogP contribution is 2.29. The highest BCUT2D eigenvalue weighted by atomic mass is 35.5. The average molecular weight is 543 g/mol. The van der Waals surface area contributed by atoms with Gasteiger partial charge in [0.1, 0.15) is 0 Å². The molecule has 200 valence electrons. The highest BCUT2D eigenvalue weighted by molar-refractivity contribution is 6.30. The first kappa shape index (κ1) is 26.7. The zero-order valence-electron chi connectivity index (χ0n) is 21.6. The number of amides is 1. The van der Waals surface area contributed by atoms with Gasteiger partial charge < -0.3 is 10.0 Å². The van der Waals surface area contributed by atoms with Gasteiger partial charge in [0.05, 0.1) is 11.2 Å². The van der Waals surface area contributed by atoms with E-state index >= 15 is 0 Å². The SMILES string of the molecule is O=C(O)CCCCc1cc2cc(C(=O)NN3CCN(c4ccccc4)CC3)ccc2nc1-c1ccc(Cl)cc1. The van der Waals surface area contributed by atoms with Gasteiger partial charge >= 0.3 is 5.97 Å². The van der Waals surface area contributed by atoms with Gasteiger partial charge in [-0.15, -0.1) is 0 Å². The smallest absolute Gasteiger partial charge is 0.303 e. The molecule has 2 N–H and O–H groups in total. The third-order valence-electron chi connectivity index (χ3n) is 7.02. The van der Waals surface area contributed by atoms with Crippen molar-refractivity contribution in [3.63, 3.8) is 0 Å². The largest absolute Gasteiger partial charge is 0.481 e. The summed E-state index contributed by atoms with van der Waals surface area (Å²) < 4.78 is 0. The van der Waals surface area contributed by atoms with Gasteiger partial charge in [0.15, 0.2) is 0 Å². The predicted molar refractivity (Wildman–Crippen MR) is 155 cm³/mol. The van der Waals surface area contributed by atoms with Crippen LogP contribution in [0.25, 0.3) is 22.2 Å². The Labute approximate surface area is 233 Å². The molecule has 8 heteroatoms. The molecule has 5 rings (SSSR count). The van der Waals surface area contributed by atoms with Crippen molar-refractivity contribution in [3.05, 3.63) is 95.0 Å². The Morgan fingerprint density at radius 1 is 0.897 bits per heavy atom. The summed E-state index contributed by atoms with van der Waals surface area (Å²) in [5.41, 5.74) is 8.44. The number of fused-ring (bicyclic) bond motifs is 1. The van der Waals surface area contributed by atoms with Crippen molar-refractivity contribution in [2.45, 2.75) is 25.7 Å². The Morgan fingerprint density at radius 3 is 2.36 bits per heavy atom. The Balaban J connectivity index is 1.32. The van der Waals surface area contributed by atoms with E-state index in [4.69, 9.17) is 21.7 Å². The monoisotopic (exact) mass is 542 g/mol. The summed E-state index contributed by atoms with van der Waals surface area (Å²) in [6.07, 6.45) is 2.15. The van der Waals surface area contributed by atoms with Gasteiger partial charge in [0.2, 0.25) is 0 Å². The van der Waals surface area contributed by atoms with Gasteiger partial charge in [-0.25, -0.2) is 9.99 Å². The first-order chi connectivity index (χ1) is 19.0. The first-order valence-corrected chi connectivity index (χ1v) is 13.6. The number of para-hydroxylation sites is 1. The maximum absolute atomic E-state index is 13.1. The van der Waals surface area contributed by atoms with Crippen molar-refractivity contribution in [1.29, 1.82) is 0 Å². The molecule has 0 radical (unpaired) electrons. The normalized spacial score (nSPS) is 13.9. The number of nitrogens with zero attached hydrogens (tertiary/aromatic N) is 3. The molecule has 1 aromatic heterocycles. The third kappa shape index (κ3) is 6.74. The van der Waals surface area contributed by atoms with E-state index in [0.29, 0.717) is 23.4 Å². The maximum Gasteiger partial charge on any atom is 0.303 e. The molecule has 0 bridgehead atoms. The molecule has 39 heavy (non-hydrogen) atoms. The van der Waals surface area contributed by atoms with Crippen LogP contribution in [-0.4, -0.2) is 53.2 Å². The fraction of sp³-hybridized carbons (Fsp3) is 0.258. The maximum atomic E-state index is 13.1. The minimum Gasteiger partial charge on any atom is -0.481 e. The van der Waals surface area contributed by atoms with Crippen LogP contribution in [0, 0.1) is 0 Å². The predicted octanol–water partition coefficient (Wildman–Crippen LogP) is 5.82. The van der Waals surface area contributed by atoms with E-state index < -0.39 is 5.97 Å². The van der Waals surface area contributed by atoms with E-state index in [9.17, 15) is 9.59 Å². The first-order valence-electron chi connectivity index (χ1n) is 13.2. The minimum atomic E-state index is -0.790. The topological polar surface area (TPSA) is 85.8 Å². The van der Waals surface area contributed by atoms with Crippen LogP contribution in [0.3, 0.4) is 0 Å². The Hall–Kier alpha value is -3.94. The van der Waals surface area contributed by atoms with Crippen molar-refractivity contribution in [3.8, 4) is 11.3 Å². The third-order valence-corrected chi connectivity index (χ3v) is 7.27. The van der Waals surface area contributed by atoms with E-state index in [2.05, 4.69) is 28.5 Å². The summed E-state index contributed by atoms with van der Waals surface area (Å²) in [7, 11) is 0. The number of hydrogen-bond acceptors (Lipinski definition) is 5. The molecule has 0 spiro atoms. The summed E-state index contributed by atoms with van der Waals surface area (Å²) in [6, 6.07) is 25.5. The van der Waals surface area contributed by atoms with Crippen LogP contribution in [0.1, 0.15) is 35.2 Å². The number of nitrogens with one attached hydrogen (secondary N) is 1. The Bertz CT molecular complexity index is 1450. The van der Waals surface area contributed by atoms with Crippen molar-refractivity contribution in [2.75, 3.05) is 31.1 Å². The van der Waals surface area contributed by atoms with Gasteiger partial charge in [-0.2, -0.15) is 0 Å². The average Bonchev–Trinajstić information content (AvgIpc) is 2.96. The van der Waals surface area contributed by atoms with E-state index in [-0.39, 0.29) is 12.3 Å². The Morgan fingerprint density at radius 2 is 1.64 bits per heavy atom. The van der Waals surface area contributed by atoms with E-state index in [1.807, 2.05) is 65.7 Å². The summed E-state index contributed by atoms with van der Waals surface area (Å²) in [5, 5.41) is 12.5. The van der Waals surface area contributed by atoms with Crippen molar-refractivity contribution >= 4 is 40.1 Å². The van der Waals surface area contributed by atoms with Crippen LogP contribution in [0.4, 0.5) is 5.69 Å². The molecule has 7 nitrogen and oxygen atoms in total. The fourth-order valence-electron chi connectivity index (χ4n) is 4.92. The molecule has 0 aliphatic carbocycles. The van der Waals surface area contributed by atoms with E-state index in [1.54, 1.807) is 0 Å². The number of aryl methyl sites for hydroxylation is 1. The molecule has 1 aliphatic rings. The highest BCUT2D eigenvalue weighted by Gasteiger charge is 2.20. The number of pyridine rings is 1. The summed E-state index contributed by atoms with van der Waals surface area (Å²) in [6.45, 7) is 3.15. The summed E-state index contributed by atoms with van der Waals surface area (Å²) in [4.78, 5) is 31.4. The number of piperazine rings is 1. The number of aromatic nitrogens is 1. The Kier molecular flexibility index (Phi) is 8.39. The number of halogens is 1. The van der Waals surface area contributed by atoms with Gasteiger partial charge in [0, 0.05) is 59.8 Å². The number of aliphatic carboxylic acids is 1. The number of carboxylic acid groups (broad SMARTS) is 1. The second-order valence-corrected chi connectivity index (χ2v) is 10.2. The van der Waals surface area contributed by atoms with E-state index in [1.165, 1.54) is 5.69 Å². The van der Waals surface area contributed by atoms with Crippen molar-refractivity contribution in [1.82, 2.24) is 15.4 Å². The van der Waals surface area contributed by atoms with Crippen LogP contribution in [0.2, 0.25) is 5.02 Å². The van der Waals surface area contributed by atoms with Crippen molar-refractivity contribution < 1.29 is 14.7 Å². The van der Waals surface area contributed by atoms with Crippen LogP contribution < -0.4 is 10.3 Å². The molecule has 1 aliphatic heterocycles. The van der Waals surface area contributed by atoms with Crippen molar-refractivity contribution in [2.24, 2.45) is 0 Å². The van der Waals surface area contributed by atoms with Gasteiger partial charge in [-0.1, -0.05) is 41.9 Å². The lowest BCUT2D eigenvalue weighted by Crippen LogP contribution is -2.53. The molecule has 1 saturated heterocycles. The molecule has 1 fully saturated rings. The van der Waals surface area contributed by atoms with E-state index in [0.717, 1.165) is 60.3 Å². The summed E-state index contributed by atoms with van der Waals surface area (Å²) in [5.74, 6) is -0.934. The number of unbranched alkanes of at least 4 members (excludes halogenated alkanes) is 1. The fourth-order valence-corrected chi connectivity index (χ4v) is 5.05. The second kappa shape index (κ2) is 12.3. The zero-order valence-corrected chi connectivity index (χ0v) is 22.4. The van der Waals surface area contributed by atoms with Crippen LogP contribution in [-0.2, 0) is 11.2 Å². The van der Waals surface area contributed by atoms with Gasteiger partial charge in [0.25, 0.3) is 5.91 Å². The number of rotatable bonds is 9. The lowest BCUT2D eigenvalue weighted by atomic mass is 9.98. The standard InChI is InChI=1S/C31H31ClN4O3/c32-26-13-10-22(11-14-26)30-23(6-4-5-9-29(37)38)20-25-21-24(12-15-28(25)33-30)31(39)34-36-18-16-35(17-19-36)27-7-2-1-3-8-27/h1-3,7-8,10-15,20-21H,4-6,9,16-19H2,(H,34,39)(H,37,38). The molecular formula is C31H31ClN4O3. The second-order valence-electron chi connectivity index (χ2n) is 9.76. The molecule has 0 unspecified atom stereocenters. The molecule has 3 aromatic carbocycles. The number of carboxylic acids is 1. The number of hydrazine groups is 1. The molecule has 4 aromatic rings. The number of benzene rings is 3.